The molecule has 5 N–H and O–H groups in total. The number of nitrogens with one attached hydrogen (secondary N) is 3. The molecule has 9 nitrogen and oxygen atoms in total. The SMILES string of the molecule is Cc1nc(N)nc(Nc2cc(C3CC3)[nH]n2)c1-c1nccc2[nH]ncc12. The Morgan fingerprint density at radius 1 is 1.23 bits per heavy atom. The van der Waals surface area contributed by atoms with E-state index in [2.05, 4.69) is 40.7 Å². The van der Waals surface area contributed by atoms with Crippen LogP contribution in [0.15, 0.2) is 24.5 Å². The highest BCUT2D eigenvalue weighted by Gasteiger charge is 2.26. The maximum atomic E-state index is 5.89. The Hall–Kier alpha value is -3.49. The lowest BCUT2D eigenvalue weighted by molar-refractivity contribution is 0.966. The summed E-state index contributed by atoms with van der Waals surface area (Å²) in [4.78, 5) is 13.2. The summed E-state index contributed by atoms with van der Waals surface area (Å²) in [5.74, 6) is 2.07. The monoisotopic (exact) mass is 347 g/mol. The van der Waals surface area contributed by atoms with Crippen LogP contribution in [0.2, 0.25) is 0 Å². The van der Waals surface area contributed by atoms with Gasteiger partial charge in [0.15, 0.2) is 5.82 Å². The molecule has 0 radical (unpaired) electrons. The first-order chi connectivity index (χ1) is 12.7. The number of aromatic nitrogens is 7. The van der Waals surface area contributed by atoms with E-state index < -0.39 is 0 Å². The van der Waals surface area contributed by atoms with Crippen LogP contribution in [0.3, 0.4) is 0 Å². The minimum atomic E-state index is 0.200. The van der Waals surface area contributed by atoms with Crippen molar-refractivity contribution in [1.82, 2.24) is 35.3 Å². The molecule has 0 atom stereocenters. The van der Waals surface area contributed by atoms with Gasteiger partial charge >= 0.3 is 0 Å². The fourth-order valence-electron chi connectivity index (χ4n) is 3.16. The van der Waals surface area contributed by atoms with Crippen LogP contribution in [0.5, 0.6) is 0 Å². The molecule has 5 rings (SSSR count). The Labute approximate surface area is 148 Å². The number of nitrogens with zero attached hydrogens (tertiary/aromatic N) is 5. The molecule has 1 saturated carbocycles. The number of aryl methyl sites for hydroxylation is 1. The van der Waals surface area contributed by atoms with Gasteiger partial charge in [-0.3, -0.25) is 15.2 Å². The number of hydrogen-bond donors (Lipinski definition) is 4. The average molecular weight is 347 g/mol. The lowest BCUT2D eigenvalue weighted by atomic mass is 10.1. The Morgan fingerprint density at radius 3 is 2.96 bits per heavy atom. The molecular weight excluding hydrogens is 330 g/mol. The maximum absolute atomic E-state index is 5.89. The topological polar surface area (TPSA) is 134 Å². The van der Waals surface area contributed by atoms with E-state index in [0.29, 0.717) is 17.6 Å². The van der Waals surface area contributed by atoms with Crippen molar-refractivity contribution in [2.24, 2.45) is 0 Å². The molecule has 1 aliphatic carbocycles. The first-order valence-electron chi connectivity index (χ1n) is 8.44. The van der Waals surface area contributed by atoms with Gasteiger partial charge in [0.2, 0.25) is 5.95 Å². The molecule has 0 aromatic carbocycles. The Balaban J connectivity index is 1.63. The summed E-state index contributed by atoms with van der Waals surface area (Å²) in [6, 6.07) is 3.89. The zero-order valence-electron chi connectivity index (χ0n) is 14.1. The first-order valence-corrected chi connectivity index (χ1v) is 8.44. The third-order valence-electron chi connectivity index (χ3n) is 4.57. The highest BCUT2D eigenvalue weighted by atomic mass is 15.2. The molecule has 0 amide bonds. The van der Waals surface area contributed by atoms with E-state index in [1.165, 1.54) is 12.8 Å². The lowest BCUT2D eigenvalue weighted by Crippen LogP contribution is -2.06. The van der Waals surface area contributed by atoms with Gasteiger partial charge in [-0.25, -0.2) is 4.98 Å². The smallest absolute Gasteiger partial charge is 0.222 e. The summed E-state index contributed by atoms with van der Waals surface area (Å²) >= 11 is 0. The molecule has 4 heterocycles. The van der Waals surface area contributed by atoms with Crippen molar-refractivity contribution >= 4 is 28.5 Å². The largest absolute Gasteiger partial charge is 0.368 e. The maximum Gasteiger partial charge on any atom is 0.222 e. The number of nitrogens with two attached hydrogens (primary N) is 1. The fourth-order valence-corrected chi connectivity index (χ4v) is 3.16. The Kier molecular flexibility index (Phi) is 3.14. The van der Waals surface area contributed by atoms with E-state index in [9.17, 15) is 0 Å². The predicted octanol–water partition coefficient (Wildman–Crippen LogP) is 2.65. The van der Waals surface area contributed by atoms with Crippen molar-refractivity contribution < 1.29 is 0 Å². The van der Waals surface area contributed by atoms with Crippen LogP contribution in [0, 0.1) is 6.92 Å². The number of H-pyrrole nitrogens is 2. The summed E-state index contributed by atoms with van der Waals surface area (Å²) in [5.41, 5.74) is 10.2. The highest BCUT2D eigenvalue weighted by Crippen LogP contribution is 2.40. The Bertz CT molecular complexity index is 1110. The minimum Gasteiger partial charge on any atom is -0.368 e. The molecular formula is C17H17N9. The molecule has 26 heavy (non-hydrogen) atoms. The molecule has 4 aromatic rings. The van der Waals surface area contributed by atoms with Crippen LogP contribution in [0.25, 0.3) is 22.2 Å². The van der Waals surface area contributed by atoms with Crippen molar-refractivity contribution in [3.63, 3.8) is 0 Å². The molecule has 130 valence electrons. The second kappa shape index (κ2) is 5.51. The van der Waals surface area contributed by atoms with Crippen LogP contribution < -0.4 is 11.1 Å². The second-order valence-corrected chi connectivity index (χ2v) is 6.49. The van der Waals surface area contributed by atoms with Gasteiger partial charge in [-0.1, -0.05) is 0 Å². The number of fused-ring (bicyclic) bond motifs is 1. The molecule has 0 spiro atoms. The van der Waals surface area contributed by atoms with Gasteiger partial charge in [-0.05, 0) is 25.8 Å². The first kappa shape index (κ1) is 14.8. The van der Waals surface area contributed by atoms with Gasteiger partial charge in [0.05, 0.1) is 28.7 Å². The van der Waals surface area contributed by atoms with Crippen LogP contribution in [-0.2, 0) is 0 Å². The van der Waals surface area contributed by atoms with Gasteiger partial charge in [0.25, 0.3) is 0 Å². The molecule has 1 fully saturated rings. The van der Waals surface area contributed by atoms with Crippen molar-refractivity contribution in [2.45, 2.75) is 25.7 Å². The van der Waals surface area contributed by atoms with Crippen LogP contribution in [0.1, 0.15) is 30.1 Å². The number of pyridine rings is 1. The van der Waals surface area contributed by atoms with Gasteiger partial charge in [0.1, 0.15) is 5.82 Å². The van der Waals surface area contributed by atoms with Crippen molar-refractivity contribution in [3.05, 3.63) is 35.9 Å². The average Bonchev–Trinajstić information content (AvgIpc) is 3.15. The van der Waals surface area contributed by atoms with E-state index in [-0.39, 0.29) is 5.95 Å². The van der Waals surface area contributed by atoms with Gasteiger partial charge in [-0.15, -0.1) is 0 Å². The fraction of sp³-hybridized carbons (Fsp3) is 0.235. The van der Waals surface area contributed by atoms with E-state index in [0.717, 1.165) is 33.5 Å². The molecule has 1 aliphatic rings. The molecule has 9 heteroatoms. The number of rotatable bonds is 4. The van der Waals surface area contributed by atoms with E-state index in [1.807, 2.05) is 19.1 Å². The zero-order chi connectivity index (χ0) is 17.7. The molecule has 0 bridgehead atoms. The number of anilines is 3. The van der Waals surface area contributed by atoms with Gasteiger partial charge in [-0.2, -0.15) is 15.2 Å². The Morgan fingerprint density at radius 2 is 2.12 bits per heavy atom. The third kappa shape index (κ3) is 2.44. The standard InChI is InChI=1S/C17H17N9/c1-8-14(15-10-7-20-24-11(10)4-5-19-15)16(23-17(18)21-8)22-13-6-12(25-26-13)9-2-3-9/h4-7,9H,2-3H2,1H3,(H,20,24)(H4,18,21,22,23,25,26). The van der Waals surface area contributed by atoms with Crippen molar-refractivity contribution in [1.29, 1.82) is 0 Å². The number of hydrogen-bond acceptors (Lipinski definition) is 7. The van der Waals surface area contributed by atoms with Gasteiger partial charge in [0, 0.05) is 29.3 Å². The van der Waals surface area contributed by atoms with Gasteiger partial charge < -0.3 is 11.1 Å². The lowest BCUT2D eigenvalue weighted by Gasteiger charge is -2.12. The van der Waals surface area contributed by atoms with Crippen LogP contribution in [0.4, 0.5) is 17.6 Å². The van der Waals surface area contributed by atoms with Crippen molar-refractivity contribution in [3.8, 4) is 11.3 Å². The second-order valence-electron chi connectivity index (χ2n) is 6.49. The number of nitrogen functional groups attached to an aromatic ring is 1. The van der Waals surface area contributed by atoms with E-state index in [4.69, 9.17) is 5.73 Å². The third-order valence-corrected chi connectivity index (χ3v) is 4.57. The highest BCUT2D eigenvalue weighted by molar-refractivity contribution is 5.96. The summed E-state index contributed by atoms with van der Waals surface area (Å²) < 4.78 is 0. The summed E-state index contributed by atoms with van der Waals surface area (Å²) in [7, 11) is 0. The van der Waals surface area contributed by atoms with E-state index in [1.54, 1.807) is 12.4 Å². The number of aromatic amines is 2. The summed E-state index contributed by atoms with van der Waals surface area (Å²) in [5, 5.41) is 18.7. The predicted molar refractivity (Wildman–Crippen MR) is 97.9 cm³/mol. The van der Waals surface area contributed by atoms with Crippen LogP contribution >= 0.6 is 0 Å². The normalized spacial score (nSPS) is 14.0. The quantitative estimate of drug-likeness (QED) is 0.446. The minimum absolute atomic E-state index is 0.200. The van der Waals surface area contributed by atoms with Crippen LogP contribution in [-0.4, -0.2) is 35.3 Å². The molecule has 0 saturated heterocycles. The molecule has 4 aromatic heterocycles. The molecule has 0 unspecified atom stereocenters. The zero-order valence-corrected chi connectivity index (χ0v) is 14.1. The molecule has 0 aliphatic heterocycles. The van der Waals surface area contributed by atoms with E-state index >= 15 is 0 Å². The summed E-state index contributed by atoms with van der Waals surface area (Å²) in [6.45, 7) is 1.89. The van der Waals surface area contributed by atoms with Crippen molar-refractivity contribution in [2.75, 3.05) is 11.1 Å². The summed E-state index contributed by atoms with van der Waals surface area (Å²) in [6.07, 6.45) is 5.89.